The first kappa shape index (κ1) is 23.8. The van der Waals surface area contributed by atoms with Gasteiger partial charge in [-0.25, -0.2) is 0 Å². The summed E-state index contributed by atoms with van der Waals surface area (Å²) < 4.78 is 0. The maximum absolute atomic E-state index is 13.5. The van der Waals surface area contributed by atoms with Crippen molar-refractivity contribution < 1.29 is 9.59 Å². The lowest BCUT2D eigenvalue weighted by molar-refractivity contribution is -0.135. The quantitative estimate of drug-likeness (QED) is 0.537. The number of nitrogens with zero attached hydrogens (tertiary/aromatic N) is 3. The lowest BCUT2D eigenvalue weighted by Crippen LogP contribution is -2.57. The fourth-order valence-corrected chi connectivity index (χ4v) is 6.31. The lowest BCUT2D eigenvalue weighted by atomic mass is 9.92. The van der Waals surface area contributed by atoms with E-state index in [4.69, 9.17) is 0 Å². The van der Waals surface area contributed by atoms with Crippen LogP contribution in [0.25, 0.3) is 0 Å². The van der Waals surface area contributed by atoms with E-state index in [0.29, 0.717) is 26.2 Å². The summed E-state index contributed by atoms with van der Waals surface area (Å²) in [6, 6.07) is 18.7. The van der Waals surface area contributed by atoms with E-state index in [0.717, 1.165) is 24.1 Å². The number of aryl methyl sites for hydroxylation is 2. The van der Waals surface area contributed by atoms with Crippen LogP contribution in [0.1, 0.15) is 50.5 Å². The maximum Gasteiger partial charge on any atom is 0.254 e. The van der Waals surface area contributed by atoms with Crippen molar-refractivity contribution in [1.29, 1.82) is 0 Å². The Hall–Kier alpha value is -2.96. The van der Waals surface area contributed by atoms with Crippen LogP contribution in [-0.4, -0.2) is 65.3 Å². The molecule has 2 amide bonds. The molecule has 0 radical (unpaired) electrons. The van der Waals surface area contributed by atoms with E-state index in [9.17, 15) is 9.59 Å². The Labute approximate surface area is 212 Å². The SMILES string of the molecule is Cc1ccc([C@@H]2c3ccsc3CCN2CC(=O)N2CCN(C(=O)c3ccccc3C)[C@H](C)C2)cc1. The highest BCUT2D eigenvalue weighted by Crippen LogP contribution is 2.37. The van der Waals surface area contributed by atoms with Crippen molar-refractivity contribution in [2.24, 2.45) is 0 Å². The van der Waals surface area contributed by atoms with Crippen molar-refractivity contribution in [1.82, 2.24) is 14.7 Å². The summed E-state index contributed by atoms with van der Waals surface area (Å²) in [5.41, 5.74) is 5.55. The molecule has 0 aliphatic carbocycles. The van der Waals surface area contributed by atoms with Gasteiger partial charge in [0.15, 0.2) is 0 Å². The number of piperazine rings is 1. The molecule has 1 fully saturated rings. The van der Waals surface area contributed by atoms with Crippen molar-refractivity contribution in [3.8, 4) is 0 Å². The second kappa shape index (κ2) is 9.96. The van der Waals surface area contributed by atoms with E-state index < -0.39 is 0 Å². The smallest absolute Gasteiger partial charge is 0.254 e. The van der Waals surface area contributed by atoms with Crippen molar-refractivity contribution in [3.05, 3.63) is 92.7 Å². The Morgan fingerprint density at radius 3 is 2.49 bits per heavy atom. The summed E-state index contributed by atoms with van der Waals surface area (Å²) in [6.07, 6.45) is 0.984. The Morgan fingerprint density at radius 1 is 0.971 bits per heavy atom. The Morgan fingerprint density at radius 2 is 1.74 bits per heavy atom. The Bertz CT molecular complexity index is 1220. The molecule has 3 heterocycles. The summed E-state index contributed by atoms with van der Waals surface area (Å²) >= 11 is 1.82. The highest BCUT2D eigenvalue weighted by atomic mass is 32.1. The van der Waals surface area contributed by atoms with Gasteiger partial charge >= 0.3 is 0 Å². The number of hydrogen-bond donors (Lipinski definition) is 0. The van der Waals surface area contributed by atoms with E-state index in [1.807, 2.05) is 59.2 Å². The molecule has 35 heavy (non-hydrogen) atoms. The molecule has 1 aromatic heterocycles. The molecular formula is C29H33N3O2S. The molecule has 182 valence electrons. The Kier molecular flexibility index (Phi) is 6.76. The Balaban J connectivity index is 1.28. The topological polar surface area (TPSA) is 43.9 Å². The van der Waals surface area contributed by atoms with Gasteiger partial charge in [-0.1, -0.05) is 48.0 Å². The van der Waals surface area contributed by atoms with E-state index >= 15 is 0 Å². The van der Waals surface area contributed by atoms with Gasteiger partial charge in [0.1, 0.15) is 0 Å². The third-order valence-corrected chi connectivity index (χ3v) is 8.41. The van der Waals surface area contributed by atoms with Crippen LogP contribution in [0.2, 0.25) is 0 Å². The highest BCUT2D eigenvalue weighted by Gasteiger charge is 2.34. The molecule has 2 aliphatic heterocycles. The second-order valence-electron chi connectivity index (χ2n) is 9.84. The predicted molar refractivity (Wildman–Crippen MR) is 141 cm³/mol. The zero-order valence-corrected chi connectivity index (χ0v) is 21.6. The molecule has 3 aromatic rings. The fourth-order valence-electron chi connectivity index (χ4n) is 5.40. The van der Waals surface area contributed by atoms with Crippen LogP contribution in [0.4, 0.5) is 0 Å². The summed E-state index contributed by atoms with van der Waals surface area (Å²) in [4.78, 5) is 34.3. The molecule has 2 atom stereocenters. The number of carbonyl (C=O) groups is 2. The average molecular weight is 488 g/mol. The molecule has 5 rings (SSSR count). The van der Waals surface area contributed by atoms with Crippen LogP contribution in [0, 0.1) is 13.8 Å². The molecule has 5 nitrogen and oxygen atoms in total. The molecule has 0 saturated carbocycles. The zero-order chi connectivity index (χ0) is 24.5. The van der Waals surface area contributed by atoms with Crippen LogP contribution in [0.15, 0.2) is 60.0 Å². The normalized spacial score (nSPS) is 20.5. The number of hydrogen-bond acceptors (Lipinski definition) is 4. The third-order valence-electron chi connectivity index (χ3n) is 7.41. The molecule has 0 bridgehead atoms. The third kappa shape index (κ3) is 4.78. The molecule has 0 N–H and O–H groups in total. The van der Waals surface area contributed by atoms with Gasteiger partial charge in [-0.3, -0.25) is 14.5 Å². The average Bonchev–Trinajstić information content (AvgIpc) is 3.33. The number of thiophene rings is 1. The van der Waals surface area contributed by atoms with Crippen LogP contribution in [-0.2, 0) is 11.2 Å². The maximum atomic E-state index is 13.5. The molecule has 0 unspecified atom stereocenters. The zero-order valence-electron chi connectivity index (χ0n) is 20.7. The van der Waals surface area contributed by atoms with E-state index in [2.05, 4.69) is 47.5 Å². The highest BCUT2D eigenvalue weighted by molar-refractivity contribution is 7.10. The number of fused-ring (bicyclic) bond motifs is 1. The fraction of sp³-hybridized carbons (Fsp3) is 0.379. The van der Waals surface area contributed by atoms with Crippen molar-refractivity contribution in [2.75, 3.05) is 32.7 Å². The number of carbonyl (C=O) groups excluding carboxylic acids is 2. The van der Waals surface area contributed by atoms with Gasteiger partial charge in [-0.15, -0.1) is 11.3 Å². The van der Waals surface area contributed by atoms with E-state index in [-0.39, 0.29) is 23.9 Å². The summed E-state index contributed by atoms with van der Waals surface area (Å²) in [5, 5.41) is 2.17. The predicted octanol–water partition coefficient (Wildman–Crippen LogP) is 4.69. The van der Waals surface area contributed by atoms with Gasteiger partial charge < -0.3 is 9.80 Å². The summed E-state index contributed by atoms with van der Waals surface area (Å²) in [7, 11) is 0. The molecule has 2 aromatic carbocycles. The van der Waals surface area contributed by atoms with E-state index in [1.54, 1.807) is 0 Å². The monoisotopic (exact) mass is 487 g/mol. The number of rotatable bonds is 4. The van der Waals surface area contributed by atoms with Crippen molar-refractivity contribution >= 4 is 23.2 Å². The molecule has 1 saturated heterocycles. The van der Waals surface area contributed by atoms with Gasteiger partial charge in [-0.2, -0.15) is 0 Å². The first-order valence-corrected chi connectivity index (χ1v) is 13.3. The van der Waals surface area contributed by atoms with Crippen LogP contribution in [0.3, 0.4) is 0 Å². The van der Waals surface area contributed by atoms with Crippen LogP contribution in [0.5, 0.6) is 0 Å². The molecular weight excluding hydrogens is 454 g/mol. The largest absolute Gasteiger partial charge is 0.338 e. The summed E-state index contributed by atoms with van der Waals surface area (Å²) in [6.45, 7) is 9.10. The second-order valence-corrected chi connectivity index (χ2v) is 10.8. The minimum atomic E-state index is -0.0162. The first-order valence-electron chi connectivity index (χ1n) is 12.4. The van der Waals surface area contributed by atoms with Crippen LogP contribution < -0.4 is 0 Å². The number of amides is 2. The lowest BCUT2D eigenvalue weighted by Gasteiger charge is -2.42. The molecule has 0 spiro atoms. The number of benzene rings is 2. The van der Waals surface area contributed by atoms with Crippen molar-refractivity contribution in [3.63, 3.8) is 0 Å². The van der Waals surface area contributed by atoms with E-state index in [1.165, 1.54) is 21.6 Å². The standard InChI is InChI=1S/C29H33N3O2S/c1-20-8-10-23(11-9-20)28-25-13-17-35-26(25)12-14-31(28)19-27(33)30-15-16-32(22(3)18-30)29(34)24-7-5-4-6-21(24)2/h4-11,13,17,22,28H,12,14-16,18-19H2,1-3H3/t22-,28-/m1/s1. The first-order chi connectivity index (χ1) is 16.9. The van der Waals surface area contributed by atoms with Gasteiger partial charge in [0, 0.05) is 42.7 Å². The van der Waals surface area contributed by atoms with Crippen molar-refractivity contribution in [2.45, 2.75) is 39.3 Å². The van der Waals surface area contributed by atoms with Gasteiger partial charge in [0.2, 0.25) is 5.91 Å². The summed E-state index contributed by atoms with van der Waals surface area (Å²) in [5.74, 6) is 0.207. The minimum absolute atomic E-state index is 0.0162. The molecule has 6 heteroatoms. The minimum Gasteiger partial charge on any atom is -0.338 e. The van der Waals surface area contributed by atoms with Crippen LogP contribution >= 0.6 is 11.3 Å². The molecule has 2 aliphatic rings. The van der Waals surface area contributed by atoms with Gasteiger partial charge in [0.25, 0.3) is 5.91 Å². The van der Waals surface area contributed by atoms with Gasteiger partial charge in [0.05, 0.1) is 12.6 Å². The van der Waals surface area contributed by atoms with Gasteiger partial charge in [-0.05, 0) is 61.4 Å².